The fraction of sp³-hybridized carbons (Fsp3) is 0.133. The molecule has 8 heteroatoms. The van der Waals surface area contributed by atoms with E-state index in [1.54, 1.807) is 58.7 Å². The maximum absolute atomic E-state index is 12.6. The number of hydrogen-bond acceptors (Lipinski definition) is 4. The summed E-state index contributed by atoms with van der Waals surface area (Å²) in [6.07, 6.45) is 3.41. The van der Waals surface area contributed by atoms with Crippen LogP contribution in [0.2, 0.25) is 5.02 Å². The fourth-order valence-electron chi connectivity index (χ4n) is 2.21. The van der Waals surface area contributed by atoms with Crippen molar-refractivity contribution >= 4 is 33.0 Å². The smallest absolute Gasteiger partial charge is 0.251 e. The second kappa shape index (κ2) is 6.45. The molecule has 120 valence electrons. The summed E-state index contributed by atoms with van der Waals surface area (Å²) in [7, 11) is -1.81. The summed E-state index contributed by atoms with van der Waals surface area (Å²) in [5.41, 5.74) is 0.767. The minimum atomic E-state index is -3.64. The Morgan fingerprint density at radius 3 is 2.57 bits per heavy atom. The van der Waals surface area contributed by atoms with Crippen LogP contribution in [0.25, 0.3) is 0 Å². The molecule has 0 radical (unpaired) electrons. The summed E-state index contributed by atoms with van der Waals surface area (Å²) in [4.78, 5) is 4.29. The zero-order chi connectivity index (χ0) is 16.4. The Hall–Kier alpha value is -1.67. The molecule has 23 heavy (non-hydrogen) atoms. The highest BCUT2D eigenvalue weighted by molar-refractivity contribution is 7.91. The predicted octanol–water partition coefficient (Wildman–Crippen LogP) is 3.20. The average Bonchev–Trinajstić information content (AvgIpc) is 3.17. The van der Waals surface area contributed by atoms with Crippen molar-refractivity contribution in [2.45, 2.75) is 10.3 Å². The molecule has 0 aliphatic rings. The van der Waals surface area contributed by atoms with Crippen LogP contribution in [-0.4, -0.2) is 18.0 Å². The number of imidazole rings is 1. The van der Waals surface area contributed by atoms with Gasteiger partial charge in [0.05, 0.1) is 0 Å². The van der Waals surface area contributed by atoms with E-state index in [2.05, 4.69) is 9.71 Å². The van der Waals surface area contributed by atoms with Crippen molar-refractivity contribution in [2.75, 3.05) is 0 Å². The number of aryl methyl sites for hydroxylation is 1. The summed E-state index contributed by atoms with van der Waals surface area (Å²) < 4.78 is 30.0. The van der Waals surface area contributed by atoms with Gasteiger partial charge in [-0.3, -0.25) is 0 Å². The first-order valence-electron chi connectivity index (χ1n) is 6.76. The molecule has 3 rings (SSSR count). The summed E-state index contributed by atoms with van der Waals surface area (Å²) in [5.74, 6) is 0.604. The van der Waals surface area contributed by atoms with Gasteiger partial charge in [0.1, 0.15) is 16.1 Å². The quantitative estimate of drug-likeness (QED) is 0.753. The lowest BCUT2D eigenvalue weighted by Crippen LogP contribution is -2.30. The van der Waals surface area contributed by atoms with Gasteiger partial charge in [0.15, 0.2) is 0 Å². The molecule has 1 N–H and O–H groups in total. The Bertz CT molecular complexity index is 887. The largest absolute Gasteiger partial charge is 0.336 e. The van der Waals surface area contributed by atoms with Crippen LogP contribution in [0.1, 0.15) is 17.4 Å². The van der Waals surface area contributed by atoms with Crippen LogP contribution in [-0.2, 0) is 17.1 Å². The molecule has 1 atom stereocenters. The fourth-order valence-corrected chi connectivity index (χ4v) is 4.53. The molecule has 1 aromatic carbocycles. The monoisotopic (exact) mass is 367 g/mol. The molecular formula is C15H14ClN3O2S2. The Balaban J connectivity index is 2.03. The minimum absolute atomic E-state index is 0.269. The van der Waals surface area contributed by atoms with Crippen LogP contribution in [0.4, 0.5) is 0 Å². The summed E-state index contributed by atoms with van der Waals surface area (Å²) in [5, 5.41) is 2.32. The summed E-state index contributed by atoms with van der Waals surface area (Å²) in [6.45, 7) is 0. The maximum atomic E-state index is 12.6. The van der Waals surface area contributed by atoms with Crippen molar-refractivity contribution in [1.82, 2.24) is 14.3 Å². The summed E-state index contributed by atoms with van der Waals surface area (Å²) in [6, 6.07) is 9.72. The highest BCUT2D eigenvalue weighted by Gasteiger charge is 2.26. The molecule has 2 heterocycles. The topological polar surface area (TPSA) is 64.0 Å². The number of nitrogens with one attached hydrogen (secondary N) is 1. The normalized spacial score (nSPS) is 13.1. The second-order valence-corrected chi connectivity index (χ2v) is 8.26. The Kier molecular flexibility index (Phi) is 4.54. The van der Waals surface area contributed by atoms with Crippen molar-refractivity contribution in [3.63, 3.8) is 0 Å². The first-order valence-corrected chi connectivity index (χ1v) is 9.50. The SMILES string of the molecule is Cn1ccnc1[C@H](NS(=O)(=O)c1cccs1)c1ccc(Cl)cc1. The molecule has 0 unspecified atom stereocenters. The molecule has 0 aliphatic heterocycles. The number of rotatable bonds is 5. The van der Waals surface area contributed by atoms with Crippen LogP contribution < -0.4 is 4.72 Å². The third-order valence-electron chi connectivity index (χ3n) is 3.35. The highest BCUT2D eigenvalue weighted by atomic mass is 35.5. The van der Waals surface area contributed by atoms with E-state index in [4.69, 9.17) is 11.6 Å². The molecule has 0 amide bonds. The lowest BCUT2D eigenvalue weighted by atomic mass is 10.1. The van der Waals surface area contributed by atoms with Crippen molar-refractivity contribution in [2.24, 2.45) is 7.05 Å². The standard InChI is InChI=1S/C15H14ClN3O2S2/c1-19-9-8-17-15(19)14(11-4-6-12(16)7-5-11)18-23(20,21)13-3-2-10-22-13/h2-10,14,18H,1H3/t14-/m1/s1. The molecule has 0 bridgehead atoms. The number of halogens is 1. The van der Waals surface area contributed by atoms with E-state index in [9.17, 15) is 8.42 Å². The molecule has 0 spiro atoms. The van der Waals surface area contributed by atoms with E-state index < -0.39 is 16.1 Å². The number of hydrogen-bond donors (Lipinski definition) is 1. The van der Waals surface area contributed by atoms with Gasteiger partial charge in [0, 0.05) is 24.5 Å². The number of aromatic nitrogens is 2. The van der Waals surface area contributed by atoms with Crippen molar-refractivity contribution < 1.29 is 8.42 Å². The number of nitrogens with zero attached hydrogens (tertiary/aromatic N) is 2. The van der Waals surface area contributed by atoms with Crippen LogP contribution in [0.15, 0.2) is 58.4 Å². The first kappa shape index (κ1) is 16.2. The lowest BCUT2D eigenvalue weighted by molar-refractivity contribution is 0.565. The van der Waals surface area contributed by atoms with Crippen molar-refractivity contribution in [3.05, 3.63) is 70.6 Å². The number of sulfonamides is 1. The van der Waals surface area contributed by atoms with Gasteiger partial charge in [-0.25, -0.2) is 13.4 Å². The molecule has 0 saturated heterocycles. The van der Waals surface area contributed by atoms with Crippen LogP contribution in [0.3, 0.4) is 0 Å². The van der Waals surface area contributed by atoms with E-state index in [-0.39, 0.29) is 4.21 Å². The molecule has 2 aromatic heterocycles. The maximum Gasteiger partial charge on any atom is 0.251 e. The van der Waals surface area contributed by atoms with E-state index in [0.29, 0.717) is 10.8 Å². The van der Waals surface area contributed by atoms with Gasteiger partial charge in [0.25, 0.3) is 10.0 Å². The highest BCUT2D eigenvalue weighted by Crippen LogP contribution is 2.25. The van der Waals surface area contributed by atoms with Gasteiger partial charge in [-0.15, -0.1) is 11.3 Å². The number of benzene rings is 1. The predicted molar refractivity (Wildman–Crippen MR) is 91.1 cm³/mol. The van der Waals surface area contributed by atoms with Gasteiger partial charge in [-0.2, -0.15) is 4.72 Å². The van der Waals surface area contributed by atoms with E-state index in [0.717, 1.165) is 5.56 Å². The molecule has 0 saturated carbocycles. The molecule has 3 aromatic rings. The van der Waals surface area contributed by atoms with Crippen LogP contribution >= 0.6 is 22.9 Å². The molecular weight excluding hydrogens is 354 g/mol. The number of thiophene rings is 1. The lowest BCUT2D eigenvalue weighted by Gasteiger charge is -2.18. The second-order valence-electron chi connectivity index (χ2n) is 4.93. The van der Waals surface area contributed by atoms with E-state index in [1.165, 1.54) is 11.3 Å². The Labute approximate surface area is 143 Å². The Morgan fingerprint density at radius 2 is 2.00 bits per heavy atom. The van der Waals surface area contributed by atoms with Gasteiger partial charge < -0.3 is 4.57 Å². The molecule has 0 fully saturated rings. The third-order valence-corrected chi connectivity index (χ3v) is 6.43. The van der Waals surface area contributed by atoms with Gasteiger partial charge >= 0.3 is 0 Å². The van der Waals surface area contributed by atoms with Gasteiger partial charge in [-0.1, -0.05) is 29.8 Å². The van der Waals surface area contributed by atoms with Crippen LogP contribution in [0.5, 0.6) is 0 Å². The third kappa shape index (κ3) is 3.48. The van der Waals surface area contributed by atoms with Crippen molar-refractivity contribution in [1.29, 1.82) is 0 Å². The van der Waals surface area contributed by atoms with Crippen molar-refractivity contribution in [3.8, 4) is 0 Å². The zero-order valence-corrected chi connectivity index (χ0v) is 14.6. The van der Waals surface area contributed by atoms with Crippen LogP contribution in [0, 0.1) is 0 Å². The Morgan fingerprint density at radius 1 is 1.26 bits per heavy atom. The van der Waals surface area contributed by atoms with Gasteiger partial charge in [0.2, 0.25) is 0 Å². The summed E-state index contributed by atoms with van der Waals surface area (Å²) >= 11 is 7.10. The zero-order valence-electron chi connectivity index (χ0n) is 12.2. The first-order chi connectivity index (χ1) is 11.0. The van der Waals surface area contributed by atoms with E-state index in [1.807, 2.05) is 7.05 Å². The molecule has 5 nitrogen and oxygen atoms in total. The minimum Gasteiger partial charge on any atom is -0.336 e. The molecule has 0 aliphatic carbocycles. The van der Waals surface area contributed by atoms with Gasteiger partial charge in [-0.05, 0) is 29.1 Å². The average molecular weight is 368 g/mol. The van der Waals surface area contributed by atoms with E-state index >= 15 is 0 Å².